The minimum absolute atomic E-state index is 0.226. The minimum atomic E-state index is -0.226. The molecule has 3 unspecified atom stereocenters. The summed E-state index contributed by atoms with van der Waals surface area (Å²) in [6.07, 6.45) is 5.63. The molecule has 0 aromatic rings. The maximum absolute atomic E-state index is 10.3. The fourth-order valence-electron chi connectivity index (χ4n) is 3.41. The predicted molar refractivity (Wildman–Crippen MR) is 77.4 cm³/mol. The van der Waals surface area contributed by atoms with Gasteiger partial charge in [-0.15, -0.1) is 0 Å². The van der Waals surface area contributed by atoms with E-state index in [4.69, 9.17) is 4.74 Å². The number of morpholine rings is 1. The molecule has 3 atom stereocenters. The van der Waals surface area contributed by atoms with E-state index in [0.717, 1.165) is 39.3 Å². The minimum Gasteiger partial charge on any atom is -0.390 e. The normalized spacial score (nSPS) is 33.0. The van der Waals surface area contributed by atoms with Crippen LogP contribution >= 0.6 is 0 Å². The zero-order valence-electron chi connectivity index (χ0n) is 12.6. The second kappa shape index (κ2) is 7.58. The van der Waals surface area contributed by atoms with E-state index in [1.54, 1.807) is 0 Å². The first-order valence-electron chi connectivity index (χ1n) is 7.91. The van der Waals surface area contributed by atoms with Crippen molar-refractivity contribution < 1.29 is 9.84 Å². The molecule has 0 radical (unpaired) electrons. The van der Waals surface area contributed by atoms with Gasteiger partial charge in [0.15, 0.2) is 0 Å². The van der Waals surface area contributed by atoms with Crippen LogP contribution in [0.15, 0.2) is 0 Å². The Kier molecular flexibility index (Phi) is 6.07. The summed E-state index contributed by atoms with van der Waals surface area (Å²) in [7, 11) is 0. The number of hydrogen-bond donors (Lipinski definition) is 1. The number of nitrogens with zero attached hydrogens (tertiary/aromatic N) is 2. The van der Waals surface area contributed by atoms with E-state index in [1.807, 2.05) is 0 Å². The second-order valence-corrected chi connectivity index (χ2v) is 6.34. The van der Waals surface area contributed by atoms with Crippen LogP contribution in [0.4, 0.5) is 0 Å². The molecule has 4 heteroatoms. The predicted octanol–water partition coefficient (Wildman–Crippen LogP) is 1.33. The third-order valence-electron chi connectivity index (χ3n) is 4.13. The van der Waals surface area contributed by atoms with E-state index in [-0.39, 0.29) is 18.3 Å². The highest BCUT2D eigenvalue weighted by Gasteiger charge is 2.24. The molecule has 0 amide bonds. The number of aliphatic hydroxyl groups is 1. The Hall–Kier alpha value is -0.160. The summed E-state index contributed by atoms with van der Waals surface area (Å²) in [5.74, 6) is 0. The number of hydrogen-bond acceptors (Lipinski definition) is 4. The van der Waals surface area contributed by atoms with Gasteiger partial charge in [0.2, 0.25) is 0 Å². The number of likely N-dealkylation sites (tertiary alicyclic amines) is 1. The van der Waals surface area contributed by atoms with Crippen molar-refractivity contribution in [2.45, 2.75) is 57.8 Å². The molecular formula is C15H30N2O2. The molecule has 0 spiro atoms. The lowest BCUT2D eigenvalue weighted by atomic mass is 10.2. The lowest BCUT2D eigenvalue weighted by Gasteiger charge is -2.37. The molecule has 2 aliphatic heterocycles. The molecule has 2 fully saturated rings. The molecule has 2 saturated heterocycles. The van der Waals surface area contributed by atoms with Gasteiger partial charge in [0.1, 0.15) is 0 Å². The highest BCUT2D eigenvalue weighted by Crippen LogP contribution is 2.13. The van der Waals surface area contributed by atoms with E-state index in [1.165, 1.54) is 25.7 Å². The topological polar surface area (TPSA) is 35.9 Å². The summed E-state index contributed by atoms with van der Waals surface area (Å²) in [6.45, 7) is 10.1. The van der Waals surface area contributed by atoms with Crippen molar-refractivity contribution in [2.24, 2.45) is 0 Å². The standard InChI is InChI=1S/C15H30N2O2/c1-13-9-17(10-14(2)19-13)12-15(18)11-16-7-5-3-4-6-8-16/h13-15,18H,3-12H2,1-2H3. The van der Waals surface area contributed by atoms with Crippen LogP contribution in [-0.2, 0) is 4.74 Å². The fraction of sp³-hybridized carbons (Fsp3) is 1.00. The SMILES string of the molecule is CC1CN(CC(O)CN2CCCCCC2)CC(C)O1. The highest BCUT2D eigenvalue weighted by molar-refractivity contribution is 4.77. The lowest BCUT2D eigenvalue weighted by Crippen LogP contribution is -2.49. The zero-order valence-corrected chi connectivity index (χ0v) is 12.6. The molecule has 2 aliphatic rings. The summed E-state index contributed by atoms with van der Waals surface area (Å²) >= 11 is 0. The molecule has 0 aromatic carbocycles. The molecule has 19 heavy (non-hydrogen) atoms. The smallest absolute Gasteiger partial charge is 0.0793 e. The molecule has 2 heterocycles. The molecule has 2 rings (SSSR count). The molecule has 0 bridgehead atoms. The van der Waals surface area contributed by atoms with Gasteiger partial charge in [-0.25, -0.2) is 0 Å². The van der Waals surface area contributed by atoms with E-state index >= 15 is 0 Å². The molecular weight excluding hydrogens is 240 g/mol. The van der Waals surface area contributed by atoms with Gasteiger partial charge in [-0.05, 0) is 39.8 Å². The van der Waals surface area contributed by atoms with Crippen molar-refractivity contribution in [3.63, 3.8) is 0 Å². The zero-order chi connectivity index (χ0) is 13.7. The molecule has 0 saturated carbocycles. The summed E-state index contributed by atoms with van der Waals surface area (Å²) < 4.78 is 5.73. The number of rotatable bonds is 4. The highest BCUT2D eigenvalue weighted by atomic mass is 16.5. The van der Waals surface area contributed by atoms with Gasteiger partial charge in [0.25, 0.3) is 0 Å². The van der Waals surface area contributed by atoms with E-state index in [9.17, 15) is 5.11 Å². The van der Waals surface area contributed by atoms with Gasteiger partial charge >= 0.3 is 0 Å². The molecule has 4 nitrogen and oxygen atoms in total. The summed E-state index contributed by atoms with van der Waals surface area (Å²) in [5.41, 5.74) is 0. The number of aliphatic hydroxyl groups excluding tert-OH is 1. The lowest BCUT2D eigenvalue weighted by molar-refractivity contribution is -0.0779. The Labute approximate surface area is 117 Å². The van der Waals surface area contributed by atoms with Crippen molar-refractivity contribution in [3.05, 3.63) is 0 Å². The van der Waals surface area contributed by atoms with Crippen LogP contribution in [0.25, 0.3) is 0 Å². The van der Waals surface area contributed by atoms with E-state index in [0.29, 0.717) is 0 Å². The third-order valence-corrected chi connectivity index (χ3v) is 4.13. The van der Waals surface area contributed by atoms with Crippen molar-refractivity contribution in [1.82, 2.24) is 9.80 Å². The first-order chi connectivity index (χ1) is 9.13. The van der Waals surface area contributed by atoms with Gasteiger partial charge in [-0.2, -0.15) is 0 Å². The first kappa shape index (κ1) is 15.2. The Bertz CT molecular complexity index is 245. The van der Waals surface area contributed by atoms with E-state index < -0.39 is 0 Å². The third kappa shape index (κ3) is 5.38. The molecule has 1 N–H and O–H groups in total. The first-order valence-corrected chi connectivity index (χ1v) is 7.91. The summed E-state index contributed by atoms with van der Waals surface area (Å²) in [4.78, 5) is 4.78. The van der Waals surface area contributed by atoms with Gasteiger partial charge in [-0.1, -0.05) is 12.8 Å². The summed E-state index contributed by atoms with van der Waals surface area (Å²) in [5, 5.41) is 10.3. The van der Waals surface area contributed by atoms with Crippen LogP contribution in [0.2, 0.25) is 0 Å². The van der Waals surface area contributed by atoms with Gasteiger partial charge < -0.3 is 14.7 Å². The Morgan fingerprint density at radius 1 is 0.947 bits per heavy atom. The van der Waals surface area contributed by atoms with Crippen LogP contribution in [0, 0.1) is 0 Å². The maximum Gasteiger partial charge on any atom is 0.0793 e. The van der Waals surface area contributed by atoms with Gasteiger partial charge in [-0.3, -0.25) is 4.90 Å². The fourth-order valence-corrected chi connectivity index (χ4v) is 3.41. The largest absolute Gasteiger partial charge is 0.390 e. The molecule has 0 aliphatic carbocycles. The van der Waals surface area contributed by atoms with Crippen LogP contribution in [-0.4, -0.2) is 72.5 Å². The number of ether oxygens (including phenoxy) is 1. The van der Waals surface area contributed by atoms with Crippen molar-refractivity contribution in [3.8, 4) is 0 Å². The average molecular weight is 270 g/mol. The van der Waals surface area contributed by atoms with Crippen LogP contribution < -0.4 is 0 Å². The van der Waals surface area contributed by atoms with Crippen molar-refractivity contribution in [2.75, 3.05) is 39.3 Å². The number of β-amino-alcohol motifs (C(OH)–C–C–N with tert-alkyl or cyclic N) is 1. The van der Waals surface area contributed by atoms with Crippen LogP contribution in [0.5, 0.6) is 0 Å². The quantitative estimate of drug-likeness (QED) is 0.836. The van der Waals surface area contributed by atoms with Crippen molar-refractivity contribution in [1.29, 1.82) is 0 Å². The van der Waals surface area contributed by atoms with Crippen LogP contribution in [0.3, 0.4) is 0 Å². The Balaban J connectivity index is 1.72. The van der Waals surface area contributed by atoms with Crippen molar-refractivity contribution >= 4 is 0 Å². The summed E-state index contributed by atoms with van der Waals surface area (Å²) in [6, 6.07) is 0. The van der Waals surface area contributed by atoms with Gasteiger partial charge in [0, 0.05) is 26.2 Å². The average Bonchev–Trinajstić information content (AvgIpc) is 2.55. The molecule has 0 aromatic heterocycles. The second-order valence-electron chi connectivity index (χ2n) is 6.34. The van der Waals surface area contributed by atoms with Crippen LogP contribution in [0.1, 0.15) is 39.5 Å². The molecule has 112 valence electrons. The Morgan fingerprint density at radius 3 is 2.05 bits per heavy atom. The monoisotopic (exact) mass is 270 g/mol. The van der Waals surface area contributed by atoms with E-state index in [2.05, 4.69) is 23.6 Å². The maximum atomic E-state index is 10.3. The Morgan fingerprint density at radius 2 is 1.47 bits per heavy atom. The van der Waals surface area contributed by atoms with Gasteiger partial charge in [0.05, 0.1) is 18.3 Å².